The van der Waals surface area contributed by atoms with Crippen LogP contribution in [-0.4, -0.2) is 27.7 Å². The second-order valence-electron chi connectivity index (χ2n) is 9.13. The molecule has 0 aromatic heterocycles. The first-order valence-corrected chi connectivity index (χ1v) is 12.2. The predicted molar refractivity (Wildman–Crippen MR) is 114 cm³/mol. The Morgan fingerprint density at radius 1 is 1.04 bits per heavy atom. The third-order valence-electron chi connectivity index (χ3n) is 4.13. The summed E-state index contributed by atoms with van der Waals surface area (Å²) in [5, 5.41) is 0. The van der Waals surface area contributed by atoms with Crippen molar-refractivity contribution in [3.8, 4) is 11.5 Å². The Morgan fingerprint density at radius 3 is 2.07 bits per heavy atom. The number of carbonyl (C=O) groups is 2. The number of hydrogen-bond acceptors (Lipinski definition) is 4. The molecule has 0 aliphatic rings. The molecular formula is C22H34O4Si. The minimum Gasteiger partial charge on any atom is -0.544 e. The number of Topliss-reactive ketones (excluding diaryl/α,β-unsaturated/α-hetero) is 1. The van der Waals surface area contributed by atoms with Crippen molar-refractivity contribution in [2.45, 2.75) is 66.5 Å². The molecule has 0 bridgehead atoms. The fourth-order valence-corrected chi connectivity index (χ4v) is 3.24. The Bertz CT molecular complexity index is 719. The molecule has 0 saturated carbocycles. The lowest BCUT2D eigenvalue weighted by molar-refractivity contribution is -0.130. The Morgan fingerprint density at radius 2 is 1.63 bits per heavy atom. The Hall–Kier alpha value is -1.88. The smallest absolute Gasteiger partial charge is 0.229 e. The third-order valence-corrected chi connectivity index (χ3v) is 4.84. The van der Waals surface area contributed by atoms with E-state index in [0.717, 1.165) is 11.1 Å². The van der Waals surface area contributed by atoms with E-state index < -0.39 is 14.5 Å². The van der Waals surface area contributed by atoms with E-state index in [2.05, 4.69) is 33.9 Å². The van der Waals surface area contributed by atoms with Crippen molar-refractivity contribution in [3.05, 3.63) is 29.3 Å². The van der Waals surface area contributed by atoms with E-state index >= 15 is 0 Å². The highest BCUT2D eigenvalue weighted by atomic mass is 28.3. The standard InChI is InChI=1S/C22H34O4Si/c1-21(2,3)17-13-11-15(19(20(17)25-7)26-27(8)9)10-12-16(23)14-18(24)22(4,5)6/h10-13,27H,14H2,1-9H3. The molecule has 1 aromatic carbocycles. The molecular weight excluding hydrogens is 356 g/mol. The zero-order chi connectivity index (χ0) is 21.0. The van der Waals surface area contributed by atoms with Gasteiger partial charge in [0, 0.05) is 16.5 Å². The van der Waals surface area contributed by atoms with Crippen molar-refractivity contribution >= 4 is 26.7 Å². The van der Waals surface area contributed by atoms with E-state index in [9.17, 15) is 9.59 Å². The van der Waals surface area contributed by atoms with Gasteiger partial charge in [-0.05, 0) is 30.7 Å². The summed E-state index contributed by atoms with van der Waals surface area (Å²) < 4.78 is 11.8. The lowest BCUT2D eigenvalue weighted by Crippen LogP contribution is -2.22. The van der Waals surface area contributed by atoms with Gasteiger partial charge in [-0.15, -0.1) is 0 Å². The first kappa shape index (κ1) is 23.2. The van der Waals surface area contributed by atoms with Crippen molar-refractivity contribution in [1.82, 2.24) is 0 Å². The zero-order valence-corrected chi connectivity index (χ0v) is 19.4. The summed E-state index contributed by atoms with van der Waals surface area (Å²) in [5.41, 5.74) is 1.23. The van der Waals surface area contributed by atoms with Gasteiger partial charge in [0.25, 0.3) is 0 Å². The Balaban J connectivity index is 3.27. The topological polar surface area (TPSA) is 52.6 Å². The minimum absolute atomic E-state index is 0.0659. The van der Waals surface area contributed by atoms with Crippen molar-refractivity contribution in [1.29, 1.82) is 0 Å². The summed E-state index contributed by atoms with van der Waals surface area (Å²) in [7, 11) is 0.248. The summed E-state index contributed by atoms with van der Waals surface area (Å²) in [6, 6.07) is 3.96. The van der Waals surface area contributed by atoms with Crippen LogP contribution in [0, 0.1) is 5.41 Å². The van der Waals surface area contributed by atoms with E-state index in [1.54, 1.807) is 13.2 Å². The summed E-state index contributed by atoms with van der Waals surface area (Å²) in [4.78, 5) is 24.3. The molecule has 1 aromatic rings. The molecule has 0 aliphatic heterocycles. The van der Waals surface area contributed by atoms with Crippen LogP contribution >= 0.6 is 0 Å². The predicted octanol–water partition coefficient (Wildman–Crippen LogP) is 4.94. The molecule has 4 nitrogen and oxygen atoms in total. The lowest BCUT2D eigenvalue weighted by atomic mass is 9.85. The average Bonchev–Trinajstić information content (AvgIpc) is 2.50. The molecule has 0 radical (unpaired) electrons. The second kappa shape index (κ2) is 8.87. The molecule has 1 rings (SSSR count). The van der Waals surface area contributed by atoms with Gasteiger partial charge >= 0.3 is 0 Å². The number of benzene rings is 1. The number of hydrogen-bond donors (Lipinski definition) is 0. The summed E-state index contributed by atoms with van der Waals surface area (Å²) in [5.74, 6) is 1.12. The summed E-state index contributed by atoms with van der Waals surface area (Å²) in [6.07, 6.45) is 3.09. The molecule has 0 fully saturated rings. The van der Waals surface area contributed by atoms with E-state index in [0.29, 0.717) is 11.5 Å². The fourth-order valence-electron chi connectivity index (χ4n) is 2.52. The second-order valence-corrected chi connectivity index (χ2v) is 11.5. The van der Waals surface area contributed by atoms with E-state index in [1.807, 2.05) is 32.9 Å². The molecule has 150 valence electrons. The average molecular weight is 391 g/mol. The molecule has 27 heavy (non-hydrogen) atoms. The van der Waals surface area contributed by atoms with E-state index in [1.165, 1.54) is 6.08 Å². The molecule has 5 heteroatoms. The lowest BCUT2D eigenvalue weighted by Gasteiger charge is -2.26. The number of rotatable bonds is 7. The van der Waals surface area contributed by atoms with Crippen molar-refractivity contribution < 1.29 is 18.8 Å². The van der Waals surface area contributed by atoms with Crippen LogP contribution in [0.25, 0.3) is 6.08 Å². The molecule has 0 N–H and O–H groups in total. The molecule has 0 spiro atoms. The van der Waals surface area contributed by atoms with Crippen LogP contribution in [0.3, 0.4) is 0 Å². The normalized spacial score (nSPS) is 12.5. The van der Waals surface area contributed by atoms with Gasteiger partial charge in [-0.3, -0.25) is 9.59 Å². The zero-order valence-electron chi connectivity index (χ0n) is 18.2. The highest BCUT2D eigenvalue weighted by Crippen LogP contribution is 2.41. The van der Waals surface area contributed by atoms with Crippen molar-refractivity contribution in [2.75, 3.05) is 7.11 Å². The van der Waals surface area contributed by atoms with Crippen LogP contribution in [-0.2, 0) is 15.0 Å². The number of allylic oxidation sites excluding steroid dienone is 1. The molecule has 0 amide bonds. The van der Waals surface area contributed by atoms with E-state index in [-0.39, 0.29) is 23.4 Å². The fraction of sp³-hybridized carbons (Fsp3) is 0.545. The van der Waals surface area contributed by atoms with Gasteiger partial charge in [0.15, 0.2) is 17.3 Å². The SMILES string of the molecule is COc1c(C(C)(C)C)ccc(C=CC(=O)CC(=O)C(C)(C)C)c1O[SiH](C)C. The largest absolute Gasteiger partial charge is 0.544 e. The minimum atomic E-state index is -1.39. The summed E-state index contributed by atoms with van der Waals surface area (Å²) >= 11 is 0. The highest BCUT2D eigenvalue weighted by molar-refractivity contribution is 6.49. The Kier molecular flexibility index (Phi) is 7.61. The number of ether oxygens (including phenoxy) is 1. The number of ketones is 2. The van der Waals surface area contributed by atoms with Gasteiger partial charge in [-0.1, -0.05) is 53.7 Å². The monoisotopic (exact) mass is 390 g/mol. The van der Waals surface area contributed by atoms with Crippen LogP contribution in [0.15, 0.2) is 18.2 Å². The van der Waals surface area contributed by atoms with Crippen LogP contribution in [0.5, 0.6) is 11.5 Å². The van der Waals surface area contributed by atoms with Crippen LogP contribution in [0.4, 0.5) is 0 Å². The Labute approximate surface area is 165 Å². The number of carbonyl (C=O) groups excluding carboxylic acids is 2. The van der Waals surface area contributed by atoms with Crippen LogP contribution in [0.1, 0.15) is 59.1 Å². The van der Waals surface area contributed by atoms with Crippen molar-refractivity contribution in [2.24, 2.45) is 5.41 Å². The quantitative estimate of drug-likeness (QED) is 0.376. The first-order valence-electron chi connectivity index (χ1n) is 9.39. The van der Waals surface area contributed by atoms with Crippen molar-refractivity contribution in [3.63, 3.8) is 0 Å². The van der Waals surface area contributed by atoms with Crippen LogP contribution in [0.2, 0.25) is 13.1 Å². The maximum absolute atomic E-state index is 12.2. The van der Waals surface area contributed by atoms with Gasteiger partial charge in [0.05, 0.1) is 13.5 Å². The maximum atomic E-state index is 12.2. The highest BCUT2D eigenvalue weighted by Gasteiger charge is 2.25. The third kappa shape index (κ3) is 6.65. The molecule has 0 heterocycles. The molecule has 0 aliphatic carbocycles. The van der Waals surface area contributed by atoms with Gasteiger partial charge in [0.2, 0.25) is 9.04 Å². The van der Waals surface area contributed by atoms with E-state index in [4.69, 9.17) is 9.16 Å². The summed E-state index contributed by atoms with van der Waals surface area (Å²) in [6.45, 7) is 16.0. The molecule has 0 atom stereocenters. The molecule has 0 unspecified atom stereocenters. The van der Waals surface area contributed by atoms with Crippen LogP contribution < -0.4 is 9.16 Å². The van der Waals surface area contributed by atoms with Gasteiger partial charge < -0.3 is 9.16 Å². The van der Waals surface area contributed by atoms with Gasteiger partial charge in [-0.25, -0.2) is 0 Å². The first-order chi connectivity index (χ1) is 12.3. The maximum Gasteiger partial charge on any atom is 0.229 e. The molecule has 0 saturated heterocycles. The number of methoxy groups -OCH3 is 1. The van der Waals surface area contributed by atoms with Gasteiger partial charge in [0.1, 0.15) is 5.78 Å². The van der Waals surface area contributed by atoms with Gasteiger partial charge in [-0.2, -0.15) is 0 Å².